The molecule has 2 aromatic rings. The quantitative estimate of drug-likeness (QED) is 0.828. The highest BCUT2D eigenvalue weighted by Gasteiger charge is 2.22. The first-order chi connectivity index (χ1) is 11.6. The molecule has 1 heterocycles. The summed E-state index contributed by atoms with van der Waals surface area (Å²) in [5.74, 6) is 0. The number of nitriles is 1. The Morgan fingerprint density at radius 1 is 1.46 bits per heavy atom. The van der Waals surface area contributed by atoms with Crippen molar-refractivity contribution in [2.45, 2.75) is 32.2 Å². The van der Waals surface area contributed by atoms with Gasteiger partial charge in [-0.2, -0.15) is 5.26 Å². The maximum atomic E-state index is 9.05. The van der Waals surface area contributed by atoms with Gasteiger partial charge >= 0.3 is 0 Å². The Labute approximate surface area is 148 Å². The Kier molecular flexibility index (Phi) is 4.92. The van der Waals surface area contributed by atoms with Crippen molar-refractivity contribution in [3.63, 3.8) is 0 Å². The minimum atomic E-state index is 0.331. The van der Waals surface area contributed by atoms with E-state index in [0.717, 1.165) is 31.5 Å². The zero-order valence-electron chi connectivity index (χ0n) is 14.0. The average molecular weight is 341 g/mol. The molecule has 1 aliphatic rings. The molecule has 0 saturated heterocycles. The molecule has 0 N–H and O–H groups in total. The van der Waals surface area contributed by atoms with Crippen LogP contribution in [0.2, 0.25) is 5.02 Å². The number of imidazole rings is 1. The molecule has 0 spiro atoms. The van der Waals surface area contributed by atoms with Crippen molar-refractivity contribution in [2.75, 3.05) is 11.4 Å². The lowest BCUT2D eigenvalue weighted by Gasteiger charge is -2.34. The zero-order valence-corrected chi connectivity index (χ0v) is 14.8. The van der Waals surface area contributed by atoms with Crippen molar-refractivity contribution in [3.05, 3.63) is 53.1 Å². The van der Waals surface area contributed by atoms with Crippen molar-refractivity contribution < 1.29 is 0 Å². The van der Waals surface area contributed by atoms with Gasteiger partial charge in [0.1, 0.15) is 6.07 Å². The van der Waals surface area contributed by atoms with Gasteiger partial charge in [0.15, 0.2) is 0 Å². The van der Waals surface area contributed by atoms with Gasteiger partial charge in [-0.15, -0.1) is 0 Å². The van der Waals surface area contributed by atoms with Crippen LogP contribution in [0, 0.1) is 11.3 Å². The van der Waals surface area contributed by atoms with E-state index in [1.54, 1.807) is 6.07 Å². The highest BCUT2D eigenvalue weighted by molar-refractivity contribution is 6.32. The van der Waals surface area contributed by atoms with E-state index in [4.69, 9.17) is 16.9 Å². The maximum Gasteiger partial charge on any atom is 0.101 e. The fraction of sp³-hybridized carbons (Fsp3) is 0.368. The van der Waals surface area contributed by atoms with Gasteiger partial charge in [-0.3, -0.25) is 0 Å². The van der Waals surface area contributed by atoms with E-state index < -0.39 is 0 Å². The lowest BCUT2D eigenvalue weighted by Crippen LogP contribution is -2.35. The van der Waals surface area contributed by atoms with Crippen LogP contribution in [0.5, 0.6) is 0 Å². The van der Waals surface area contributed by atoms with Crippen molar-refractivity contribution in [3.8, 4) is 6.07 Å². The zero-order chi connectivity index (χ0) is 17.1. The van der Waals surface area contributed by atoms with E-state index in [1.165, 1.54) is 11.3 Å². The van der Waals surface area contributed by atoms with Gasteiger partial charge in [0, 0.05) is 25.3 Å². The second-order valence-corrected chi connectivity index (χ2v) is 6.51. The Bertz CT molecular complexity index is 800. The summed E-state index contributed by atoms with van der Waals surface area (Å²) in [6.45, 7) is 3.04. The molecule has 0 fully saturated rings. The number of hydrogen-bond donors (Lipinski definition) is 0. The highest BCUT2D eigenvalue weighted by Crippen LogP contribution is 2.32. The van der Waals surface area contributed by atoms with Crippen LogP contribution in [0.1, 0.15) is 37.4 Å². The lowest BCUT2D eigenvalue weighted by molar-refractivity contribution is 0.600. The molecule has 1 unspecified atom stereocenters. The standard InChI is InChI=1S/C19H21ClN4/c1-3-24(17-8-7-15(11-21)18(20)10-17)16-6-4-5-14(9-16)19-12-22-13-23(19)2/h7-10,12-13,16H,3-6H2,1-2H3. The number of halogens is 1. The van der Waals surface area contributed by atoms with E-state index in [2.05, 4.69) is 33.5 Å². The van der Waals surface area contributed by atoms with Gasteiger partial charge < -0.3 is 9.47 Å². The summed E-state index contributed by atoms with van der Waals surface area (Å²) >= 11 is 6.22. The summed E-state index contributed by atoms with van der Waals surface area (Å²) < 4.78 is 2.07. The van der Waals surface area contributed by atoms with Gasteiger partial charge in [0.05, 0.1) is 28.8 Å². The first kappa shape index (κ1) is 16.6. The number of allylic oxidation sites excluding steroid dienone is 1. The molecule has 0 amide bonds. The molecule has 124 valence electrons. The third-order valence-electron chi connectivity index (χ3n) is 4.63. The van der Waals surface area contributed by atoms with Crippen LogP contribution in [0.4, 0.5) is 5.69 Å². The lowest BCUT2D eigenvalue weighted by atomic mass is 9.92. The highest BCUT2D eigenvalue weighted by atomic mass is 35.5. The van der Waals surface area contributed by atoms with E-state index in [9.17, 15) is 0 Å². The number of likely N-dealkylation sites (N-methyl/N-ethyl adjacent to an activating group) is 1. The molecular weight excluding hydrogens is 320 g/mol. The van der Waals surface area contributed by atoms with Crippen LogP contribution in [0.3, 0.4) is 0 Å². The maximum absolute atomic E-state index is 9.05. The van der Waals surface area contributed by atoms with Crippen LogP contribution >= 0.6 is 11.6 Å². The summed E-state index contributed by atoms with van der Waals surface area (Å²) in [4.78, 5) is 6.59. The van der Waals surface area contributed by atoms with Gasteiger partial charge in [0.2, 0.25) is 0 Å². The van der Waals surface area contributed by atoms with Gasteiger partial charge in [-0.1, -0.05) is 17.7 Å². The Balaban J connectivity index is 1.92. The third kappa shape index (κ3) is 3.18. The summed E-state index contributed by atoms with van der Waals surface area (Å²) in [5, 5.41) is 9.57. The Hall–Kier alpha value is -2.25. The molecule has 1 atom stereocenters. The fourth-order valence-electron chi connectivity index (χ4n) is 3.41. The minimum absolute atomic E-state index is 0.331. The van der Waals surface area contributed by atoms with Crippen molar-refractivity contribution in [1.82, 2.24) is 9.55 Å². The molecule has 0 saturated carbocycles. The normalized spacial score (nSPS) is 17.2. The predicted octanol–water partition coefficient (Wildman–Crippen LogP) is 4.41. The smallest absolute Gasteiger partial charge is 0.101 e. The average Bonchev–Trinajstić information content (AvgIpc) is 3.02. The number of aryl methyl sites for hydroxylation is 1. The molecule has 1 aromatic heterocycles. The minimum Gasteiger partial charge on any atom is -0.365 e. The summed E-state index contributed by atoms with van der Waals surface area (Å²) in [6.07, 6.45) is 9.49. The first-order valence-corrected chi connectivity index (χ1v) is 8.65. The molecule has 24 heavy (non-hydrogen) atoms. The molecular formula is C19H21ClN4. The molecule has 3 rings (SSSR count). The number of aromatic nitrogens is 2. The van der Waals surface area contributed by atoms with Crippen molar-refractivity contribution in [2.24, 2.45) is 7.05 Å². The van der Waals surface area contributed by atoms with Gasteiger partial charge in [-0.05, 0) is 50.0 Å². The topological polar surface area (TPSA) is 44.9 Å². The molecule has 0 bridgehead atoms. The third-order valence-corrected chi connectivity index (χ3v) is 4.94. The van der Waals surface area contributed by atoms with Crippen LogP contribution in [0.25, 0.3) is 5.57 Å². The largest absolute Gasteiger partial charge is 0.365 e. The SMILES string of the molecule is CCN(c1ccc(C#N)c(Cl)c1)C1C=C(c2cncn2C)CCC1. The second-order valence-electron chi connectivity index (χ2n) is 6.10. The number of hydrogen-bond acceptors (Lipinski definition) is 3. The molecule has 0 radical (unpaired) electrons. The van der Waals surface area contributed by atoms with Crippen molar-refractivity contribution >= 4 is 22.9 Å². The second kappa shape index (κ2) is 7.11. The molecule has 0 aliphatic heterocycles. The molecule has 5 heteroatoms. The number of nitrogens with zero attached hydrogens (tertiary/aromatic N) is 4. The number of anilines is 1. The fourth-order valence-corrected chi connectivity index (χ4v) is 3.63. The van der Waals surface area contributed by atoms with Crippen LogP contribution in [0.15, 0.2) is 36.8 Å². The molecule has 4 nitrogen and oxygen atoms in total. The van der Waals surface area contributed by atoms with E-state index in [1.807, 2.05) is 31.7 Å². The molecule has 1 aromatic carbocycles. The predicted molar refractivity (Wildman–Crippen MR) is 98.0 cm³/mol. The van der Waals surface area contributed by atoms with E-state index in [-0.39, 0.29) is 0 Å². The van der Waals surface area contributed by atoms with Gasteiger partial charge in [0.25, 0.3) is 0 Å². The van der Waals surface area contributed by atoms with Crippen molar-refractivity contribution in [1.29, 1.82) is 5.26 Å². The summed E-state index contributed by atoms with van der Waals surface area (Å²) in [7, 11) is 2.03. The number of benzene rings is 1. The number of rotatable bonds is 4. The molecule has 1 aliphatic carbocycles. The monoisotopic (exact) mass is 340 g/mol. The van der Waals surface area contributed by atoms with Crippen LogP contribution < -0.4 is 4.90 Å². The van der Waals surface area contributed by atoms with Gasteiger partial charge in [-0.25, -0.2) is 4.98 Å². The Morgan fingerprint density at radius 3 is 2.92 bits per heavy atom. The first-order valence-electron chi connectivity index (χ1n) is 8.27. The van der Waals surface area contributed by atoms with E-state index >= 15 is 0 Å². The Morgan fingerprint density at radius 2 is 2.29 bits per heavy atom. The summed E-state index contributed by atoms with van der Waals surface area (Å²) in [5.41, 5.74) is 4.12. The van der Waals surface area contributed by atoms with Crippen LogP contribution in [-0.4, -0.2) is 22.1 Å². The van der Waals surface area contributed by atoms with Crippen LogP contribution in [-0.2, 0) is 7.05 Å². The summed E-state index contributed by atoms with van der Waals surface area (Å²) in [6, 6.07) is 8.14. The van der Waals surface area contributed by atoms with E-state index in [0.29, 0.717) is 16.6 Å².